The highest BCUT2D eigenvalue weighted by Gasteiger charge is 2.23. The zero-order chi connectivity index (χ0) is 15.3. The van der Waals surface area contributed by atoms with E-state index in [4.69, 9.17) is 4.18 Å². The first-order valence-electron chi connectivity index (χ1n) is 7.97. The second-order valence-corrected chi connectivity index (χ2v) is 7.84. The Morgan fingerprint density at radius 2 is 1.62 bits per heavy atom. The van der Waals surface area contributed by atoms with E-state index in [-0.39, 0.29) is 4.90 Å². The zero-order valence-corrected chi connectivity index (χ0v) is 13.9. The lowest BCUT2D eigenvalue weighted by molar-refractivity contribution is 0.182. The molecule has 0 aromatic heterocycles. The van der Waals surface area contributed by atoms with E-state index in [9.17, 15) is 8.42 Å². The van der Waals surface area contributed by atoms with E-state index < -0.39 is 10.1 Å². The van der Waals surface area contributed by atoms with E-state index in [2.05, 4.69) is 6.92 Å². The summed E-state index contributed by atoms with van der Waals surface area (Å²) >= 11 is 0. The molecule has 0 saturated heterocycles. The van der Waals surface area contributed by atoms with Crippen LogP contribution < -0.4 is 0 Å². The summed E-state index contributed by atoms with van der Waals surface area (Å²) in [5.41, 5.74) is 1.04. The van der Waals surface area contributed by atoms with Crippen molar-refractivity contribution in [2.24, 2.45) is 11.8 Å². The SMILES string of the molecule is CCCC1CCC(COS(=O)(=O)c2ccc(C)cc2)CC1. The minimum Gasteiger partial charge on any atom is -0.266 e. The summed E-state index contributed by atoms with van der Waals surface area (Å²) in [7, 11) is -3.60. The summed E-state index contributed by atoms with van der Waals surface area (Å²) in [5.74, 6) is 1.22. The van der Waals surface area contributed by atoms with Gasteiger partial charge in [-0.2, -0.15) is 8.42 Å². The number of benzene rings is 1. The molecule has 1 aliphatic carbocycles. The standard InChI is InChI=1S/C17H26O3S/c1-3-4-15-7-9-16(10-8-15)13-20-21(18,19)17-11-5-14(2)6-12-17/h5-6,11-12,15-16H,3-4,7-10,13H2,1-2H3. The summed E-state index contributed by atoms with van der Waals surface area (Å²) in [6, 6.07) is 6.82. The van der Waals surface area contributed by atoms with Gasteiger partial charge < -0.3 is 0 Å². The van der Waals surface area contributed by atoms with Crippen molar-refractivity contribution < 1.29 is 12.6 Å². The summed E-state index contributed by atoms with van der Waals surface area (Å²) in [6.45, 7) is 4.49. The molecule has 118 valence electrons. The van der Waals surface area contributed by atoms with E-state index in [0.717, 1.165) is 24.3 Å². The number of hydrogen-bond acceptors (Lipinski definition) is 3. The molecule has 0 amide bonds. The van der Waals surface area contributed by atoms with Crippen molar-refractivity contribution in [2.45, 2.75) is 57.3 Å². The van der Waals surface area contributed by atoms with E-state index in [1.807, 2.05) is 6.92 Å². The Bertz CT molecular complexity index is 526. The van der Waals surface area contributed by atoms with Crippen molar-refractivity contribution in [3.63, 3.8) is 0 Å². The molecule has 3 nitrogen and oxygen atoms in total. The van der Waals surface area contributed by atoms with E-state index >= 15 is 0 Å². The Labute approximate surface area is 128 Å². The van der Waals surface area contributed by atoms with Crippen LogP contribution in [0.25, 0.3) is 0 Å². The van der Waals surface area contributed by atoms with Crippen LogP contribution >= 0.6 is 0 Å². The Kier molecular flexibility index (Phi) is 5.82. The molecule has 1 aromatic rings. The monoisotopic (exact) mass is 310 g/mol. The summed E-state index contributed by atoms with van der Waals surface area (Å²) in [5, 5.41) is 0. The molecule has 1 saturated carbocycles. The molecule has 0 unspecified atom stereocenters. The highest BCUT2D eigenvalue weighted by Crippen LogP contribution is 2.32. The maximum Gasteiger partial charge on any atom is 0.296 e. The summed E-state index contributed by atoms with van der Waals surface area (Å²) in [6.07, 6.45) is 7.16. The Hall–Kier alpha value is -0.870. The van der Waals surface area contributed by atoms with Gasteiger partial charge in [0.05, 0.1) is 11.5 Å². The quantitative estimate of drug-likeness (QED) is 0.735. The van der Waals surface area contributed by atoms with Crippen molar-refractivity contribution in [1.29, 1.82) is 0 Å². The predicted octanol–water partition coefficient (Wildman–Crippen LogP) is 4.31. The van der Waals surface area contributed by atoms with Crippen LogP contribution in [0.15, 0.2) is 29.2 Å². The molecule has 0 radical (unpaired) electrons. The van der Waals surface area contributed by atoms with Crippen LogP contribution in [0.2, 0.25) is 0 Å². The van der Waals surface area contributed by atoms with Crippen molar-refractivity contribution >= 4 is 10.1 Å². The van der Waals surface area contributed by atoms with Gasteiger partial charge in [0.2, 0.25) is 0 Å². The second kappa shape index (κ2) is 7.41. The molecule has 2 rings (SSSR count). The molecule has 0 bridgehead atoms. The molecule has 0 N–H and O–H groups in total. The van der Waals surface area contributed by atoms with Crippen molar-refractivity contribution in [3.05, 3.63) is 29.8 Å². The minimum atomic E-state index is -3.60. The van der Waals surface area contributed by atoms with Crippen LogP contribution in [0.5, 0.6) is 0 Å². The zero-order valence-electron chi connectivity index (χ0n) is 13.0. The largest absolute Gasteiger partial charge is 0.296 e. The molecule has 0 spiro atoms. The number of rotatable bonds is 6. The molecular formula is C17H26O3S. The second-order valence-electron chi connectivity index (χ2n) is 6.23. The van der Waals surface area contributed by atoms with Gasteiger partial charge in [-0.3, -0.25) is 4.18 Å². The Balaban J connectivity index is 1.84. The number of aryl methyl sites for hydroxylation is 1. The van der Waals surface area contributed by atoms with Crippen LogP contribution in [-0.2, 0) is 14.3 Å². The molecule has 4 heteroatoms. The Morgan fingerprint density at radius 3 is 2.19 bits per heavy atom. The van der Waals surface area contributed by atoms with Gasteiger partial charge in [-0.1, -0.05) is 50.3 Å². The van der Waals surface area contributed by atoms with Crippen LogP contribution in [0.4, 0.5) is 0 Å². The van der Waals surface area contributed by atoms with Gasteiger partial charge in [-0.15, -0.1) is 0 Å². The van der Waals surface area contributed by atoms with E-state index in [1.54, 1.807) is 24.3 Å². The summed E-state index contributed by atoms with van der Waals surface area (Å²) < 4.78 is 29.5. The molecule has 21 heavy (non-hydrogen) atoms. The molecular weight excluding hydrogens is 284 g/mol. The lowest BCUT2D eigenvalue weighted by Gasteiger charge is -2.27. The van der Waals surface area contributed by atoms with Gasteiger partial charge in [0, 0.05) is 0 Å². The predicted molar refractivity (Wildman–Crippen MR) is 84.7 cm³/mol. The van der Waals surface area contributed by atoms with Crippen LogP contribution in [0.3, 0.4) is 0 Å². The van der Waals surface area contributed by atoms with Gasteiger partial charge in [0.15, 0.2) is 0 Å². The van der Waals surface area contributed by atoms with Crippen molar-refractivity contribution in [1.82, 2.24) is 0 Å². The average Bonchev–Trinajstić information content (AvgIpc) is 2.47. The topological polar surface area (TPSA) is 43.4 Å². The van der Waals surface area contributed by atoms with Crippen molar-refractivity contribution in [2.75, 3.05) is 6.61 Å². The first-order valence-corrected chi connectivity index (χ1v) is 9.38. The average molecular weight is 310 g/mol. The third-order valence-corrected chi connectivity index (χ3v) is 5.73. The number of hydrogen-bond donors (Lipinski definition) is 0. The van der Waals surface area contributed by atoms with Crippen LogP contribution in [0.1, 0.15) is 51.0 Å². The van der Waals surface area contributed by atoms with Gasteiger partial charge in [0.1, 0.15) is 0 Å². The third kappa shape index (κ3) is 4.82. The van der Waals surface area contributed by atoms with Gasteiger partial charge >= 0.3 is 0 Å². The van der Waals surface area contributed by atoms with Gasteiger partial charge in [-0.05, 0) is 43.7 Å². The maximum atomic E-state index is 12.1. The molecule has 0 heterocycles. The fourth-order valence-electron chi connectivity index (χ4n) is 3.05. The third-order valence-electron chi connectivity index (χ3n) is 4.43. The first kappa shape index (κ1) is 16.5. The highest BCUT2D eigenvalue weighted by atomic mass is 32.2. The smallest absolute Gasteiger partial charge is 0.266 e. The molecule has 0 atom stereocenters. The lowest BCUT2D eigenvalue weighted by Crippen LogP contribution is -2.20. The molecule has 1 aromatic carbocycles. The normalized spacial score (nSPS) is 23.1. The molecule has 0 aliphatic heterocycles. The first-order chi connectivity index (χ1) is 10.0. The maximum absolute atomic E-state index is 12.1. The van der Waals surface area contributed by atoms with Crippen LogP contribution in [-0.4, -0.2) is 15.0 Å². The fraction of sp³-hybridized carbons (Fsp3) is 0.647. The van der Waals surface area contributed by atoms with Crippen LogP contribution in [0, 0.1) is 18.8 Å². The van der Waals surface area contributed by atoms with E-state index in [1.165, 1.54) is 25.7 Å². The minimum absolute atomic E-state index is 0.257. The molecule has 1 aliphatic rings. The van der Waals surface area contributed by atoms with Gasteiger partial charge in [0.25, 0.3) is 10.1 Å². The highest BCUT2D eigenvalue weighted by molar-refractivity contribution is 7.86. The molecule has 1 fully saturated rings. The Morgan fingerprint density at radius 1 is 1.05 bits per heavy atom. The lowest BCUT2D eigenvalue weighted by atomic mass is 9.80. The summed E-state index contributed by atoms with van der Waals surface area (Å²) in [4.78, 5) is 0.257. The van der Waals surface area contributed by atoms with E-state index in [0.29, 0.717) is 12.5 Å². The van der Waals surface area contributed by atoms with Gasteiger partial charge in [-0.25, -0.2) is 0 Å². The van der Waals surface area contributed by atoms with Crippen molar-refractivity contribution in [3.8, 4) is 0 Å². The fourth-order valence-corrected chi connectivity index (χ4v) is 4.03.